The van der Waals surface area contributed by atoms with Gasteiger partial charge in [-0.1, -0.05) is 30.7 Å². The molecule has 0 saturated carbocycles. The van der Waals surface area contributed by atoms with Crippen LogP contribution in [-0.4, -0.2) is 9.55 Å². The first kappa shape index (κ1) is 13.0. The lowest BCUT2D eigenvalue weighted by Crippen LogP contribution is -2.07. The minimum atomic E-state index is 0.761. The molecule has 1 aromatic carbocycles. The third-order valence-corrected chi connectivity index (χ3v) is 2.98. The summed E-state index contributed by atoms with van der Waals surface area (Å²) in [5, 5.41) is 4.13. The molecule has 0 fully saturated rings. The minimum absolute atomic E-state index is 0.761. The summed E-state index contributed by atoms with van der Waals surface area (Å²) in [6, 6.07) is 7.86. The molecule has 0 amide bonds. The Morgan fingerprint density at radius 3 is 2.67 bits per heavy atom. The summed E-state index contributed by atoms with van der Waals surface area (Å²) in [5.41, 5.74) is 2.24. The fraction of sp³-hybridized carbons (Fsp3) is 0.357. The highest BCUT2D eigenvalue weighted by Gasteiger charge is 2.04. The van der Waals surface area contributed by atoms with E-state index in [2.05, 4.69) is 28.0 Å². The van der Waals surface area contributed by atoms with Gasteiger partial charge in [0.15, 0.2) is 0 Å². The van der Waals surface area contributed by atoms with Crippen LogP contribution in [0, 0.1) is 6.92 Å². The van der Waals surface area contributed by atoms with Crippen molar-refractivity contribution in [2.24, 2.45) is 0 Å². The molecule has 0 aliphatic rings. The van der Waals surface area contributed by atoms with Gasteiger partial charge < -0.3 is 9.88 Å². The molecule has 0 unspecified atom stereocenters. The third-order valence-electron chi connectivity index (χ3n) is 2.73. The summed E-state index contributed by atoms with van der Waals surface area (Å²) in [4.78, 5) is 4.49. The van der Waals surface area contributed by atoms with Gasteiger partial charge in [-0.25, -0.2) is 4.98 Å². The molecule has 2 aromatic rings. The van der Waals surface area contributed by atoms with Crippen LogP contribution >= 0.6 is 11.6 Å². The number of halogens is 1. The maximum Gasteiger partial charge on any atom is 0.203 e. The SMILES string of the molecule is CCCn1cc(C)nc1NCc1ccc(Cl)cc1. The fourth-order valence-corrected chi connectivity index (χ4v) is 2.01. The summed E-state index contributed by atoms with van der Waals surface area (Å²) < 4.78 is 2.16. The van der Waals surface area contributed by atoms with Crippen LogP contribution in [0.25, 0.3) is 0 Å². The monoisotopic (exact) mass is 263 g/mol. The molecule has 1 heterocycles. The molecule has 1 N–H and O–H groups in total. The van der Waals surface area contributed by atoms with E-state index in [1.54, 1.807) is 0 Å². The molecular weight excluding hydrogens is 246 g/mol. The van der Waals surface area contributed by atoms with Crippen molar-refractivity contribution in [3.8, 4) is 0 Å². The number of rotatable bonds is 5. The van der Waals surface area contributed by atoms with Gasteiger partial charge in [-0.05, 0) is 31.0 Å². The zero-order chi connectivity index (χ0) is 13.0. The second kappa shape index (κ2) is 5.91. The molecule has 4 heteroatoms. The average molecular weight is 264 g/mol. The Labute approximate surface area is 113 Å². The molecule has 0 saturated heterocycles. The number of nitrogens with zero attached hydrogens (tertiary/aromatic N) is 2. The molecule has 18 heavy (non-hydrogen) atoms. The Morgan fingerprint density at radius 2 is 2.00 bits per heavy atom. The van der Waals surface area contributed by atoms with E-state index in [0.717, 1.165) is 36.2 Å². The first-order chi connectivity index (χ1) is 8.69. The number of benzene rings is 1. The molecule has 0 radical (unpaired) electrons. The van der Waals surface area contributed by atoms with E-state index in [1.807, 2.05) is 31.2 Å². The number of hydrogen-bond acceptors (Lipinski definition) is 2. The van der Waals surface area contributed by atoms with Crippen LogP contribution in [0.5, 0.6) is 0 Å². The van der Waals surface area contributed by atoms with Gasteiger partial charge in [0.2, 0.25) is 5.95 Å². The lowest BCUT2D eigenvalue weighted by molar-refractivity contribution is 0.681. The predicted octanol–water partition coefficient (Wildman–Crippen LogP) is 3.87. The number of aryl methyl sites for hydroxylation is 2. The fourth-order valence-electron chi connectivity index (χ4n) is 1.88. The van der Waals surface area contributed by atoms with E-state index in [4.69, 9.17) is 11.6 Å². The molecule has 0 aliphatic carbocycles. The second-order valence-electron chi connectivity index (χ2n) is 4.38. The lowest BCUT2D eigenvalue weighted by Gasteiger charge is -2.08. The Morgan fingerprint density at radius 1 is 1.28 bits per heavy atom. The Kier molecular flexibility index (Phi) is 4.26. The zero-order valence-electron chi connectivity index (χ0n) is 10.8. The highest BCUT2D eigenvalue weighted by Crippen LogP contribution is 2.13. The lowest BCUT2D eigenvalue weighted by atomic mass is 10.2. The largest absolute Gasteiger partial charge is 0.352 e. The highest BCUT2D eigenvalue weighted by molar-refractivity contribution is 6.30. The maximum absolute atomic E-state index is 5.86. The Balaban J connectivity index is 2.03. The number of aromatic nitrogens is 2. The molecule has 2 rings (SSSR count). The Hall–Kier alpha value is -1.48. The maximum atomic E-state index is 5.86. The molecule has 0 aliphatic heterocycles. The minimum Gasteiger partial charge on any atom is -0.352 e. The van der Waals surface area contributed by atoms with Crippen molar-refractivity contribution in [1.82, 2.24) is 9.55 Å². The van der Waals surface area contributed by atoms with Crippen LogP contribution in [0.15, 0.2) is 30.5 Å². The van der Waals surface area contributed by atoms with Crippen LogP contribution in [0.2, 0.25) is 5.02 Å². The summed E-state index contributed by atoms with van der Waals surface area (Å²) in [5.74, 6) is 0.935. The van der Waals surface area contributed by atoms with Crippen LogP contribution in [0.3, 0.4) is 0 Å². The van der Waals surface area contributed by atoms with Crippen molar-refractivity contribution in [3.05, 3.63) is 46.7 Å². The number of nitrogens with one attached hydrogen (secondary N) is 1. The van der Waals surface area contributed by atoms with Gasteiger partial charge in [0.25, 0.3) is 0 Å². The van der Waals surface area contributed by atoms with Crippen LogP contribution < -0.4 is 5.32 Å². The van der Waals surface area contributed by atoms with Crippen LogP contribution in [-0.2, 0) is 13.1 Å². The van der Waals surface area contributed by atoms with Gasteiger partial charge in [-0.2, -0.15) is 0 Å². The average Bonchev–Trinajstić information content (AvgIpc) is 2.70. The van der Waals surface area contributed by atoms with Gasteiger partial charge in [0, 0.05) is 24.3 Å². The van der Waals surface area contributed by atoms with Gasteiger partial charge in [-0.3, -0.25) is 0 Å². The Bertz CT molecular complexity index is 502. The normalized spacial score (nSPS) is 10.6. The molecular formula is C14H18ClN3. The first-order valence-corrected chi connectivity index (χ1v) is 6.59. The van der Waals surface area contributed by atoms with Gasteiger partial charge in [0.05, 0.1) is 5.69 Å². The van der Waals surface area contributed by atoms with Crippen molar-refractivity contribution in [2.75, 3.05) is 5.32 Å². The zero-order valence-corrected chi connectivity index (χ0v) is 11.5. The van der Waals surface area contributed by atoms with Crippen LogP contribution in [0.1, 0.15) is 24.6 Å². The standard InChI is InChI=1S/C14H18ClN3/c1-3-8-18-10-11(2)17-14(18)16-9-12-4-6-13(15)7-5-12/h4-7,10H,3,8-9H2,1-2H3,(H,16,17). The second-order valence-corrected chi connectivity index (χ2v) is 4.82. The topological polar surface area (TPSA) is 29.9 Å². The molecule has 3 nitrogen and oxygen atoms in total. The smallest absolute Gasteiger partial charge is 0.203 e. The van der Waals surface area contributed by atoms with Gasteiger partial charge in [0.1, 0.15) is 0 Å². The van der Waals surface area contributed by atoms with E-state index >= 15 is 0 Å². The van der Waals surface area contributed by atoms with Crippen LogP contribution in [0.4, 0.5) is 5.95 Å². The molecule has 0 spiro atoms. The van der Waals surface area contributed by atoms with E-state index in [0.29, 0.717) is 0 Å². The van der Waals surface area contributed by atoms with E-state index in [1.165, 1.54) is 5.56 Å². The van der Waals surface area contributed by atoms with Gasteiger partial charge >= 0.3 is 0 Å². The number of anilines is 1. The molecule has 0 atom stereocenters. The van der Waals surface area contributed by atoms with Crippen molar-refractivity contribution >= 4 is 17.5 Å². The quantitative estimate of drug-likeness (QED) is 0.888. The van der Waals surface area contributed by atoms with Crippen molar-refractivity contribution < 1.29 is 0 Å². The molecule has 96 valence electrons. The predicted molar refractivity (Wildman–Crippen MR) is 76.0 cm³/mol. The van der Waals surface area contributed by atoms with Crippen molar-refractivity contribution in [1.29, 1.82) is 0 Å². The van der Waals surface area contributed by atoms with E-state index < -0.39 is 0 Å². The summed E-state index contributed by atoms with van der Waals surface area (Å²) >= 11 is 5.86. The highest BCUT2D eigenvalue weighted by atomic mass is 35.5. The summed E-state index contributed by atoms with van der Waals surface area (Å²) in [6.07, 6.45) is 3.18. The summed E-state index contributed by atoms with van der Waals surface area (Å²) in [7, 11) is 0. The molecule has 0 bridgehead atoms. The van der Waals surface area contributed by atoms with Crippen molar-refractivity contribution in [3.63, 3.8) is 0 Å². The van der Waals surface area contributed by atoms with E-state index in [-0.39, 0.29) is 0 Å². The number of imidazole rings is 1. The van der Waals surface area contributed by atoms with Crippen molar-refractivity contribution in [2.45, 2.75) is 33.4 Å². The summed E-state index contributed by atoms with van der Waals surface area (Å²) in [6.45, 7) is 5.93. The number of hydrogen-bond donors (Lipinski definition) is 1. The van der Waals surface area contributed by atoms with Gasteiger partial charge in [-0.15, -0.1) is 0 Å². The third kappa shape index (κ3) is 3.26. The van der Waals surface area contributed by atoms with E-state index in [9.17, 15) is 0 Å². The molecule has 1 aromatic heterocycles. The first-order valence-electron chi connectivity index (χ1n) is 6.21.